The van der Waals surface area contributed by atoms with Crippen LogP contribution >= 0.6 is 0 Å². The predicted molar refractivity (Wildman–Crippen MR) is 104 cm³/mol. The molecular formula is C20H17N7. The summed E-state index contributed by atoms with van der Waals surface area (Å²) < 4.78 is 1.88. The molecule has 5 heterocycles. The van der Waals surface area contributed by atoms with Gasteiger partial charge in [0.05, 0.1) is 12.1 Å². The number of aryl methyl sites for hydroxylation is 1. The van der Waals surface area contributed by atoms with Crippen LogP contribution < -0.4 is 5.32 Å². The zero-order valence-corrected chi connectivity index (χ0v) is 14.8. The standard InChI is InChI=1S/C20H17N7/c1-13-10-16(14-4-2-6-21-11-14)17(19-23-8-9-24-19)20-25-18(26-27(13)20)15-5-3-7-22-12-15/h2-7,10-12H,8-9H2,1H3,(H,23,24). The van der Waals surface area contributed by atoms with Crippen molar-refractivity contribution in [2.45, 2.75) is 6.92 Å². The zero-order valence-electron chi connectivity index (χ0n) is 14.8. The first-order valence-electron chi connectivity index (χ1n) is 8.81. The number of hydrogen-bond acceptors (Lipinski definition) is 6. The van der Waals surface area contributed by atoms with Crippen LogP contribution in [-0.4, -0.2) is 43.5 Å². The highest BCUT2D eigenvalue weighted by molar-refractivity contribution is 6.10. The molecule has 4 aromatic heterocycles. The summed E-state index contributed by atoms with van der Waals surface area (Å²) in [5, 5.41) is 8.10. The lowest BCUT2D eigenvalue weighted by atomic mass is 10.0. The van der Waals surface area contributed by atoms with Crippen LogP contribution in [0.15, 0.2) is 60.1 Å². The minimum Gasteiger partial charge on any atom is -0.368 e. The fourth-order valence-electron chi connectivity index (χ4n) is 3.35. The lowest BCUT2D eigenvalue weighted by Crippen LogP contribution is -2.21. The van der Waals surface area contributed by atoms with Crippen molar-refractivity contribution in [1.82, 2.24) is 29.9 Å². The van der Waals surface area contributed by atoms with Crippen molar-refractivity contribution in [1.29, 1.82) is 0 Å². The summed E-state index contributed by atoms with van der Waals surface area (Å²) in [4.78, 5) is 18.0. The minimum absolute atomic E-state index is 0.648. The average Bonchev–Trinajstić information content (AvgIpc) is 3.40. The van der Waals surface area contributed by atoms with E-state index >= 15 is 0 Å². The molecule has 5 rings (SSSR count). The van der Waals surface area contributed by atoms with Crippen LogP contribution in [0.25, 0.3) is 28.2 Å². The second-order valence-corrected chi connectivity index (χ2v) is 6.39. The maximum Gasteiger partial charge on any atom is 0.183 e. The number of hydrogen-bond donors (Lipinski definition) is 1. The molecular weight excluding hydrogens is 338 g/mol. The van der Waals surface area contributed by atoms with Gasteiger partial charge in [-0.15, -0.1) is 5.10 Å². The highest BCUT2D eigenvalue weighted by atomic mass is 15.3. The summed E-state index contributed by atoms with van der Waals surface area (Å²) >= 11 is 0. The van der Waals surface area contributed by atoms with E-state index in [-0.39, 0.29) is 0 Å². The van der Waals surface area contributed by atoms with Crippen LogP contribution in [0.5, 0.6) is 0 Å². The first-order valence-corrected chi connectivity index (χ1v) is 8.81. The summed E-state index contributed by atoms with van der Waals surface area (Å²) in [5.74, 6) is 1.50. The van der Waals surface area contributed by atoms with Crippen molar-refractivity contribution < 1.29 is 0 Å². The monoisotopic (exact) mass is 355 g/mol. The SMILES string of the molecule is Cc1cc(-c2cccnc2)c(C2=NCCN2)c2nc(-c3cccnc3)nn12. The van der Waals surface area contributed by atoms with Gasteiger partial charge in [0.1, 0.15) is 5.84 Å². The third-order valence-corrected chi connectivity index (χ3v) is 4.59. The molecule has 7 nitrogen and oxygen atoms in total. The summed E-state index contributed by atoms with van der Waals surface area (Å²) in [6.45, 7) is 3.61. The van der Waals surface area contributed by atoms with Gasteiger partial charge >= 0.3 is 0 Å². The number of nitrogens with one attached hydrogen (secondary N) is 1. The first kappa shape index (κ1) is 15.6. The predicted octanol–water partition coefficient (Wildman–Crippen LogP) is 2.51. The Kier molecular flexibility index (Phi) is 3.64. The smallest absolute Gasteiger partial charge is 0.183 e. The molecule has 0 spiro atoms. The van der Waals surface area contributed by atoms with Crippen molar-refractivity contribution in [2.24, 2.45) is 4.99 Å². The highest BCUT2D eigenvalue weighted by Crippen LogP contribution is 2.29. The van der Waals surface area contributed by atoms with Gasteiger partial charge in [-0.1, -0.05) is 6.07 Å². The fourth-order valence-corrected chi connectivity index (χ4v) is 3.35. The van der Waals surface area contributed by atoms with Crippen molar-refractivity contribution in [2.75, 3.05) is 13.1 Å². The quantitative estimate of drug-likeness (QED) is 0.611. The molecule has 0 atom stereocenters. The Balaban J connectivity index is 1.82. The van der Waals surface area contributed by atoms with E-state index in [9.17, 15) is 0 Å². The molecule has 0 amide bonds. The van der Waals surface area contributed by atoms with Crippen molar-refractivity contribution >= 4 is 11.5 Å². The summed E-state index contributed by atoms with van der Waals surface area (Å²) in [5.41, 5.74) is 5.69. The number of nitrogens with zero attached hydrogens (tertiary/aromatic N) is 6. The number of rotatable bonds is 3. The van der Waals surface area contributed by atoms with Gasteiger partial charge in [0, 0.05) is 48.2 Å². The molecule has 0 saturated carbocycles. The van der Waals surface area contributed by atoms with Crippen LogP contribution in [0, 0.1) is 6.92 Å². The molecule has 27 heavy (non-hydrogen) atoms. The fraction of sp³-hybridized carbons (Fsp3) is 0.150. The van der Waals surface area contributed by atoms with Crippen LogP contribution in [0.1, 0.15) is 11.3 Å². The molecule has 0 radical (unpaired) electrons. The van der Waals surface area contributed by atoms with Crippen molar-refractivity contribution in [3.63, 3.8) is 0 Å². The Bertz CT molecular complexity index is 1150. The maximum atomic E-state index is 4.85. The molecule has 4 aromatic rings. The number of pyridine rings is 3. The normalized spacial score (nSPS) is 13.6. The topological polar surface area (TPSA) is 80.4 Å². The molecule has 0 aliphatic carbocycles. The van der Waals surface area contributed by atoms with E-state index in [0.29, 0.717) is 5.82 Å². The van der Waals surface area contributed by atoms with E-state index in [1.54, 1.807) is 18.6 Å². The second kappa shape index (κ2) is 6.28. The van der Waals surface area contributed by atoms with E-state index in [2.05, 4.69) is 32.4 Å². The Morgan fingerprint density at radius 2 is 1.81 bits per heavy atom. The average molecular weight is 355 g/mol. The van der Waals surface area contributed by atoms with Gasteiger partial charge in [0.2, 0.25) is 0 Å². The minimum atomic E-state index is 0.648. The molecule has 7 heteroatoms. The Hall–Kier alpha value is -3.61. The Morgan fingerprint density at radius 1 is 1.04 bits per heavy atom. The highest BCUT2D eigenvalue weighted by Gasteiger charge is 2.22. The third-order valence-electron chi connectivity index (χ3n) is 4.59. The molecule has 0 fully saturated rings. The third kappa shape index (κ3) is 2.64. The largest absolute Gasteiger partial charge is 0.368 e. The number of amidine groups is 1. The van der Waals surface area contributed by atoms with Crippen LogP contribution in [0.4, 0.5) is 0 Å². The van der Waals surface area contributed by atoms with Gasteiger partial charge < -0.3 is 5.32 Å². The summed E-state index contributed by atoms with van der Waals surface area (Å²) in [7, 11) is 0. The van der Waals surface area contributed by atoms with Gasteiger partial charge in [0.25, 0.3) is 0 Å². The molecule has 1 aliphatic rings. The lowest BCUT2D eigenvalue weighted by molar-refractivity contribution is 0.915. The van der Waals surface area contributed by atoms with Crippen molar-refractivity contribution in [3.05, 3.63) is 66.4 Å². The van der Waals surface area contributed by atoms with Gasteiger partial charge in [-0.3, -0.25) is 15.0 Å². The van der Waals surface area contributed by atoms with Crippen LogP contribution in [0.2, 0.25) is 0 Å². The molecule has 1 N–H and O–H groups in total. The molecule has 132 valence electrons. The van der Waals surface area contributed by atoms with E-state index in [4.69, 9.17) is 10.1 Å². The van der Waals surface area contributed by atoms with E-state index in [0.717, 1.165) is 52.5 Å². The van der Waals surface area contributed by atoms with Crippen molar-refractivity contribution in [3.8, 4) is 22.5 Å². The van der Waals surface area contributed by atoms with E-state index in [1.807, 2.05) is 35.8 Å². The van der Waals surface area contributed by atoms with Gasteiger partial charge in [-0.05, 0) is 36.8 Å². The van der Waals surface area contributed by atoms with Gasteiger partial charge in [-0.25, -0.2) is 9.50 Å². The number of aromatic nitrogens is 5. The number of aliphatic imine (C=N–C) groups is 1. The Labute approximate surface area is 155 Å². The summed E-state index contributed by atoms with van der Waals surface area (Å²) in [6.07, 6.45) is 7.16. The van der Waals surface area contributed by atoms with E-state index in [1.165, 1.54) is 0 Å². The second-order valence-electron chi connectivity index (χ2n) is 6.39. The van der Waals surface area contributed by atoms with Crippen LogP contribution in [0.3, 0.4) is 0 Å². The first-order chi connectivity index (χ1) is 13.3. The molecule has 0 saturated heterocycles. The molecule has 0 bridgehead atoms. The van der Waals surface area contributed by atoms with Gasteiger partial charge in [0.15, 0.2) is 11.5 Å². The maximum absolute atomic E-state index is 4.85. The number of fused-ring (bicyclic) bond motifs is 1. The molecule has 1 aliphatic heterocycles. The van der Waals surface area contributed by atoms with E-state index < -0.39 is 0 Å². The Morgan fingerprint density at radius 3 is 2.48 bits per heavy atom. The van der Waals surface area contributed by atoms with Crippen LogP contribution in [-0.2, 0) is 0 Å². The lowest BCUT2D eigenvalue weighted by Gasteiger charge is -2.13. The van der Waals surface area contributed by atoms with Gasteiger partial charge in [-0.2, -0.15) is 0 Å². The summed E-state index contributed by atoms with van der Waals surface area (Å²) in [6, 6.07) is 9.95. The molecule has 0 unspecified atom stereocenters. The zero-order chi connectivity index (χ0) is 18.2. The molecule has 0 aromatic carbocycles.